The molecule has 0 aliphatic carbocycles. The lowest BCUT2D eigenvalue weighted by Gasteiger charge is -2.15. The topological polar surface area (TPSA) is 66.6 Å². The van der Waals surface area contributed by atoms with Crippen LogP contribution in [0.5, 0.6) is 0 Å². The fourth-order valence-corrected chi connectivity index (χ4v) is 0.711. The van der Waals surface area contributed by atoms with Crippen LogP contribution in [0.3, 0.4) is 0 Å². The minimum absolute atomic E-state index is 0.0706. The van der Waals surface area contributed by atoms with Gasteiger partial charge in [0.2, 0.25) is 5.91 Å². The Morgan fingerprint density at radius 2 is 2.30 bits per heavy atom. The number of hydrogen-bond donors (Lipinski definition) is 2. The predicted octanol–water partition coefficient (Wildman–Crippen LogP) is -1.21. The predicted molar refractivity (Wildman–Crippen MR) is 38.4 cm³/mol. The molecule has 0 fully saturated rings. The van der Waals surface area contributed by atoms with Crippen molar-refractivity contribution in [1.29, 1.82) is 0 Å². The first-order valence-corrected chi connectivity index (χ1v) is 3.32. The summed E-state index contributed by atoms with van der Waals surface area (Å²) in [5.74, 6) is -0.352. The highest BCUT2D eigenvalue weighted by Gasteiger charge is 2.03. The summed E-state index contributed by atoms with van der Waals surface area (Å²) >= 11 is 0. The molecule has 3 N–H and O–H groups in total. The molecule has 0 bridgehead atoms. The number of likely N-dealkylation sites (N-methyl/N-ethyl adjacent to an activating group) is 1. The van der Waals surface area contributed by atoms with Gasteiger partial charge >= 0.3 is 0 Å². The Kier molecular flexibility index (Phi) is 4.88. The molecule has 0 aromatic heterocycles. The van der Waals surface area contributed by atoms with E-state index in [0.29, 0.717) is 6.54 Å². The smallest absolute Gasteiger partial charge is 0.231 e. The summed E-state index contributed by atoms with van der Waals surface area (Å²) in [5, 5.41) is 8.49. The van der Waals surface area contributed by atoms with Crippen molar-refractivity contribution in [3.8, 4) is 0 Å². The number of hydrogen-bond acceptors (Lipinski definition) is 3. The number of amides is 1. The van der Waals surface area contributed by atoms with Crippen molar-refractivity contribution in [2.75, 3.05) is 26.2 Å². The van der Waals surface area contributed by atoms with Crippen LogP contribution in [0.1, 0.15) is 6.92 Å². The Hall–Kier alpha value is -0.610. The van der Waals surface area contributed by atoms with Gasteiger partial charge in [-0.25, -0.2) is 0 Å². The third-order valence-electron chi connectivity index (χ3n) is 1.24. The van der Waals surface area contributed by atoms with E-state index < -0.39 is 0 Å². The number of aliphatic hydroxyl groups is 1. The zero-order valence-electron chi connectivity index (χ0n) is 6.21. The third-order valence-corrected chi connectivity index (χ3v) is 1.24. The number of rotatable bonds is 5. The number of aliphatic hydroxyl groups excluding tert-OH is 1. The molecule has 0 saturated heterocycles. The van der Waals surface area contributed by atoms with Crippen molar-refractivity contribution >= 4 is 5.91 Å². The van der Waals surface area contributed by atoms with Crippen molar-refractivity contribution in [3.05, 3.63) is 0 Å². The monoisotopic (exact) mass is 146 g/mol. The largest absolute Gasteiger partial charge is 0.395 e. The Bertz CT molecular complexity index is 106. The van der Waals surface area contributed by atoms with E-state index in [9.17, 15) is 4.79 Å². The lowest BCUT2D eigenvalue weighted by molar-refractivity contribution is -0.119. The molecule has 0 radical (unpaired) electrons. The number of nitrogens with zero attached hydrogens (tertiary/aromatic N) is 1. The lowest BCUT2D eigenvalue weighted by Crippen LogP contribution is -2.35. The van der Waals surface area contributed by atoms with Crippen LogP contribution in [0, 0.1) is 0 Å². The van der Waals surface area contributed by atoms with E-state index in [-0.39, 0.29) is 19.1 Å². The van der Waals surface area contributed by atoms with E-state index in [0.717, 1.165) is 6.54 Å². The van der Waals surface area contributed by atoms with Crippen LogP contribution in [0.15, 0.2) is 0 Å². The molecular formula is C6H14N2O2. The number of primary amides is 1. The molecule has 0 saturated carbocycles. The van der Waals surface area contributed by atoms with Crippen LogP contribution < -0.4 is 5.73 Å². The van der Waals surface area contributed by atoms with Crippen molar-refractivity contribution in [2.45, 2.75) is 6.92 Å². The molecule has 60 valence electrons. The lowest BCUT2D eigenvalue weighted by atomic mass is 10.4. The molecule has 0 spiro atoms. The summed E-state index contributed by atoms with van der Waals surface area (Å²) in [5.41, 5.74) is 4.94. The van der Waals surface area contributed by atoms with Crippen LogP contribution in [0.4, 0.5) is 0 Å². The molecule has 0 rings (SSSR count). The average Bonchev–Trinajstić information content (AvgIpc) is 1.86. The average molecular weight is 146 g/mol. The van der Waals surface area contributed by atoms with E-state index in [2.05, 4.69) is 0 Å². The van der Waals surface area contributed by atoms with Gasteiger partial charge in [0.1, 0.15) is 0 Å². The Labute approximate surface area is 60.6 Å². The molecule has 0 aliphatic heterocycles. The molecule has 0 heterocycles. The zero-order valence-corrected chi connectivity index (χ0v) is 6.21. The van der Waals surface area contributed by atoms with E-state index in [1.165, 1.54) is 0 Å². The normalized spacial score (nSPS) is 10.3. The molecule has 10 heavy (non-hydrogen) atoms. The standard InChI is InChI=1S/C6H14N2O2/c1-2-8(3-4-9)5-6(7)10/h9H,2-5H2,1H3,(H2,7,10). The summed E-state index contributed by atoms with van der Waals surface area (Å²) in [6.07, 6.45) is 0. The van der Waals surface area contributed by atoms with Crippen LogP contribution in [0.25, 0.3) is 0 Å². The molecule has 4 nitrogen and oxygen atoms in total. The second kappa shape index (κ2) is 5.20. The molecule has 0 atom stereocenters. The molecule has 4 heteroatoms. The Morgan fingerprint density at radius 1 is 1.70 bits per heavy atom. The molecule has 0 unspecified atom stereocenters. The van der Waals surface area contributed by atoms with E-state index in [1.807, 2.05) is 6.92 Å². The van der Waals surface area contributed by atoms with E-state index >= 15 is 0 Å². The van der Waals surface area contributed by atoms with Gasteiger partial charge in [-0.3, -0.25) is 9.69 Å². The second-order valence-corrected chi connectivity index (χ2v) is 2.06. The van der Waals surface area contributed by atoms with Crippen molar-refractivity contribution in [3.63, 3.8) is 0 Å². The van der Waals surface area contributed by atoms with Gasteiger partial charge in [0.05, 0.1) is 13.2 Å². The van der Waals surface area contributed by atoms with Gasteiger partial charge in [-0.05, 0) is 6.54 Å². The van der Waals surface area contributed by atoms with Gasteiger partial charge in [0.25, 0.3) is 0 Å². The summed E-state index contributed by atoms with van der Waals surface area (Å²) in [6, 6.07) is 0. The quantitative estimate of drug-likeness (QED) is 0.511. The van der Waals surface area contributed by atoms with Gasteiger partial charge in [0, 0.05) is 6.54 Å². The summed E-state index contributed by atoms with van der Waals surface area (Å²) in [6.45, 7) is 3.47. The van der Waals surface area contributed by atoms with E-state index in [1.54, 1.807) is 4.90 Å². The van der Waals surface area contributed by atoms with Crippen molar-refractivity contribution in [1.82, 2.24) is 4.90 Å². The number of nitrogens with two attached hydrogens (primary N) is 1. The first-order valence-electron chi connectivity index (χ1n) is 3.32. The van der Waals surface area contributed by atoms with Crippen LogP contribution in [-0.4, -0.2) is 42.2 Å². The maximum absolute atomic E-state index is 10.3. The molecule has 0 aromatic rings. The van der Waals surface area contributed by atoms with Crippen LogP contribution in [-0.2, 0) is 4.79 Å². The summed E-state index contributed by atoms with van der Waals surface area (Å²) in [4.78, 5) is 12.1. The second-order valence-electron chi connectivity index (χ2n) is 2.06. The van der Waals surface area contributed by atoms with Crippen molar-refractivity contribution < 1.29 is 9.90 Å². The maximum atomic E-state index is 10.3. The molecule has 1 amide bonds. The highest BCUT2D eigenvalue weighted by Crippen LogP contribution is 1.83. The Morgan fingerprint density at radius 3 is 2.60 bits per heavy atom. The fourth-order valence-electron chi connectivity index (χ4n) is 0.711. The van der Waals surface area contributed by atoms with Crippen molar-refractivity contribution in [2.24, 2.45) is 5.73 Å². The highest BCUT2D eigenvalue weighted by molar-refractivity contribution is 5.75. The van der Waals surface area contributed by atoms with Crippen LogP contribution in [0.2, 0.25) is 0 Å². The highest BCUT2D eigenvalue weighted by atomic mass is 16.3. The first kappa shape index (κ1) is 9.39. The molecule has 0 aliphatic rings. The number of carbonyl (C=O) groups excluding carboxylic acids is 1. The van der Waals surface area contributed by atoms with Gasteiger partial charge in [-0.15, -0.1) is 0 Å². The van der Waals surface area contributed by atoms with Gasteiger partial charge < -0.3 is 10.8 Å². The number of carbonyl (C=O) groups is 1. The maximum Gasteiger partial charge on any atom is 0.231 e. The minimum atomic E-state index is -0.352. The van der Waals surface area contributed by atoms with Crippen LogP contribution >= 0.6 is 0 Å². The molecular weight excluding hydrogens is 132 g/mol. The summed E-state index contributed by atoms with van der Waals surface area (Å²) in [7, 11) is 0. The van der Waals surface area contributed by atoms with Gasteiger partial charge in [0.15, 0.2) is 0 Å². The van der Waals surface area contributed by atoms with Gasteiger partial charge in [-0.1, -0.05) is 6.92 Å². The SMILES string of the molecule is CCN(CCO)CC(N)=O. The summed E-state index contributed by atoms with van der Waals surface area (Å²) < 4.78 is 0. The van der Waals surface area contributed by atoms with E-state index in [4.69, 9.17) is 10.8 Å². The zero-order chi connectivity index (χ0) is 7.98. The molecule has 0 aromatic carbocycles. The van der Waals surface area contributed by atoms with Gasteiger partial charge in [-0.2, -0.15) is 0 Å². The first-order chi connectivity index (χ1) is 4.70. The third kappa shape index (κ3) is 4.29. The minimum Gasteiger partial charge on any atom is -0.395 e. The Balaban J connectivity index is 3.49. The fraction of sp³-hybridized carbons (Fsp3) is 0.833.